The fourth-order valence-corrected chi connectivity index (χ4v) is 3.12. The Morgan fingerprint density at radius 1 is 1.23 bits per heavy atom. The van der Waals surface area contributed by atoms with Crippen LogP contribution in [0, 0.1) is 0 Å². The van der Waals surface area contributed by atoms with E-state index in [9.17, 15) is 4.79 Å². The van der Waals surface area contributed by atoms with Gasteiger partial charge in [0, 0.05) is 7.05 Å². The predicted octanol–water partition coefficient (Wildman–Crippen LogP) is 4.51. The molecule has 2 aromatic carbocycles. The Kier molecular flexibility index (Phi) is 5.40. The molecular weight excluding hydrogens is 368 g/mol. The van der Waals surface area contributed by atoms with Crippen molar-refractivity contribution in [3.05, 3.63) is 77.5 Å². The van der Waals surface area contributed by atoms with Gasteiger partial charge >= 0.3 is 0 Å². The molecule has 26 heavy (non-hydrogen) atoms. The Hall–Kier alpha value is -2.63. The highest BCUT2D eigenvalue weighted by Gasteiger charge is 2.36. The molecule has 0 aromatic heterocycles. The highest BCUT2D eigenvalue weighted by atomic mass is 35.5. The molecule has 0 saturated carbocycles. The molecule has 1 heterocycles. The van der Waals surface area contributed by atoms with E-state index in [0.717, 1.165) is 11.3 Å². The highest BCUT2D eigenvalue weighted by molar-refractivity contribution is 7.80. The lowest BCUT2D eigenvalue weighted by molar-refractivity contribution is -0.114. The largest absolute Gasteiger partial charge is 0.488 e. The van der Waals surface area contributed by atoms with Crippen LogP contribution in [0.15, 0.2) is 66.9 Å². The van der Waals surface area contributed by atoms with Crippen LogP contribution >= 0.6 is 23.8 Å². The Morgan fingerprint density at radius 3 is 2.62 bits per heavy atom. The number of likely N-dealkylation sites (N-methyl/N-ethyl adjacent to an activating group) is 1. The van der Waals surface area contributed by atoms with Crippen LogP contribution in [-0.4, -0.2) is 29.6 Å². The van der Waals surface area contributed by atoms with E-state index < -0.39 is 0 Å². The minimum absolute atomic E-state index is 0.174. The van der Waals surface area contributed by atoms with E-state index >= 15 is 0 Å². The topological polar surface area (TPSA) is 32.8 Å². The van der Waals surface area contributed by atoms with Crippen LogP contribution in [-0.2, 0) is 4.79 Å². The molecule has 0 bridgehead atoms. The van der Waals surface area contributed by atoms with E-state index in [1.165, 1.54) is 4.90 Å². The van der Waals surface area contributed by atoms with Gasteiger partial charge in [0.05, 0.1) is 10.7 Å². The third kappa shape index (κ3) is 3.49. The van der Waals surface area contributed by atoms with Crippen molar-refractivity contribution in [2.24, 2.45) is 0 Å². The lowest BCUT2D eigenvalue weighted by atomic mass is 10.1. The van der Waals surface area contributed by atoms with Crippen molar-refractivity contribution >= 4 is 46.6 Å². The van der Waals surface area contributed by atoms with Crippen LogP contribution in [0.5, 0.6) is 5.75 Å². The lowest BCUT2D eigenvalue weighted by Gasteiger charge is -2.16. The fraction of sp³-hybridized carbons (Fsp3) is 0.100. The second-order valence-corrected chi connectivity index (χ2v) is 6.41. The molecule has 0 aliphatic carbocycles. The quantitative estimate of drug-likeness (QED) is 0.431. The normalized spacial score (nSPS) is 15.7. The van der Waals surface area contributed by atoms with Gasteiger partial charge in [-0.3, -0.25) is 9.69 Å². The summed E-state index contributed by atoms with van der Waals surface area (Å²) in [5.41, 5.74) is 2.01. The molecule has 6 heteroatoms. The number of benzene rings is 2. The van der Waals surface area contributed by atoms with Gasteiger partial charge in [-0.15, -0.1) is 0 Å². The van der Waals surface area contributed by atoms with Gasteiger partial charge < -0.3 is 9.64 Å². The standard InChI is InChI=1S/C20H17ClN2O2S/c1-3-11-25-18-10-9-14(12-16(18)21)13-17-19(24)23(20(26)22(17)2)15-7-5-4-6-8-15/h3-10,12-13H,1,11H2,2H3/b17-13-. The zero-order valence-electron chi connectivity index (χ0n) is 14.2. The highest BCUT2D eigenvalue weighted by Crippen LogP contribution is 2.30. The maximum absolute atomic E-state index is 12.9. The summed E-state index contributed by atoms with van der Waals surface area (Å²) in [5, 5.41) is 0.904. The average Bonchev–Trinajstić information content (AvgIpc) is 2.85. The first-order valence-electron chi connectivity index (χ1n) is 7.95. The second kappa shape index (κ2) is 7.72. The van der Waals surface area contributed by atoms with Crippen LogP contribution < -0.4 is 9.64 Å². The van der Waals surface area contributed by atoms with Crippen molar-refractivity contribution in [2.45, 2.75) is 0 Å². The summed E-state index contributed by atoms with van der Waals surface area (Å²) in [6.07, 6.45) is 3.41. The van der Waals surface area contributed by atoms with E-state index in [2.05, 4.69) is 6.58 Å². The third-order valence-corrected chi connectivity index (χ3v) is 4.64. The molecule has 0 spiro atoms. The molecule has 0 unspecified atom stereocenters. The number of anilines is 1. The smallest absolute Gasteiger partial charge is 0.281 e. The van der Waals surface area contributed by atoms with Crippen molar-refractivity contribution < 1.29 is 9.53 Å². The summed E-state index contributed by atoms with van der Waals surface area (Å²) < 4.78 is 5.47. The van der Waals surface area contributed by atoms with Crippen LogP contribution in [0.4, 0.5) is 5.69 Å². The van der Waals surface area contributed by atoms with Crippen LogP contribution in [0.25, 0.3) is 6.08 Å². The summed E-state index contributed by atoms with van der Waals surface area (Å²) in [4.78, 5) is 16.1. The zero-order chi connectivity index (χ0) is 18.7. The van der Waals surface area contributed by atoms with Gasteiger partial charge in [0.15, 0.2) is 5.11 Å². The van der Waals surface area contributed by atoms with Crippen molar-refractivity contribution in [3.8, 4) is 5.75 Å². The molecule has 0 atom stereocenters. The van der Waals surface area contributed by atoms with Crippen LogP contribution in [0.3, 0.4) is 0 Å². The Labute approximate surface area is 162 Å². The molecule has 1 amide bonds. The maximum atomic E-state index is 12.9. The first-order chi connectivity index (χ1) is 12.5. The number of thiocarbonyl (C=S) groups is 1. The van der Waals surface area contributed by atoms with Gasteiger partial charge in [-0.2, -0.15) is 0 Å². The number of nitrogens with zero attached hydrogens (tertiary/aromatic N) is 2. The summed E-state index contributed by atoms with van der Waals surface area (Å²) in [6.45, 7) is 3.99. The lowest BCUT2D eigenvalue weighted by Crippen LogP contribution is -2.30. The molecule has 2 aromatic rings. The number of carbonyl (C=O) groups excluding carboxylic acids is 1. The van der Waals surface area contributed by atoms with E-state index in [-0.39, 0.29) is 5.91 Å². The van der Waals surface area contributed by atoms with Gasteiger partial charge in [0.25, 0.3) is 5.91 Å². The first-order valence-corrected chi connectivity index (χ1v) is 8.73. The van der Waals surface area contributed by atoms with Crippen molar-refractivity contribution in [1.29, 1.82) is 0 Å². The number of ether oxygens (including phenoxy) is 1. The third-order valence-electron chi connectivity index (χ3n) is 3.89. The minimum Gasteiger partial charge on any atom is -0.488 e. The molecule has 1 saturated heterocycles. The molecule has 1 aliphatic rings. The molecule has 132 valence electrons. The summed E-state index contributed by atoms with van der Waals surface area (Å²) in [6, 6.07) is 14.7. The predicted molar refractivity (Wildman–Crippen MR) is 109 cm³/mol. The van der Waals surface area contributed by atoms with Gasteiger partial charge in [0.2, 0.25) is 0 Å². The van der Waals surface area contributed by atoms with E-state index in [4.69, 9.17) is 28.6 Å². The summed E-state index contributed by atoms with van der Waals surface area (Å²) in [5.74, 6) is 0.396. The fourth-order valence-electron chi connectivity index (χ4n) is 2.59. The average molecular weight is 385 g/mol. The molecular formula is C20H17ClN2O2S. The number of carbonyl (C=O) groups is 1. The first kappa shape index (κ1) is 18.2. The van der Waals surface area contributed by atoms with E-state index in [1.807, 2.05) is 36.4 Å². The zero-order valence-corrected chi connectivity index (χ0v) is 15.8. The number of halogens is 1. The second-order valence-electron chi connectivity index (χ2n) is 5.64. The molecule has 1 aliphatic heterocycles. The van der Waals surface area contributed by atoms with Crippen molar-refractivity contribution in [1.82, 2.24) is 4.90 Å². The summed E-state index contributed by atoms with van der Waals surface area (Å²) >= 11 is 11.7. The molecule has 0 N–H and O–H groups in total. The van der Waals surface area contributed by atoms with E-state index in [0.29, 0.717) is 28.2 Å². The number of para-hydroxylation sites is 1. The Morgan fingerprint density at radius 2 is 1.96 bits per heavy atom. The number of rotatable bonds is 5. The molecule has 1 fully saturated rings. The minimum atomic E-state index is -0.174. The van der Waals surface area contributed by atoms with E-state index in [1.54, 1.807) is 36.2 Å². The number of amides is 1. The summed E-state index contributed by atoms with van der Waals surface area (Å²) in [7, 11) is 1.78. The van der Waals surface area contributed by atoms with Crippen LogP contribution in [0.2, 0.25) is 5.02 Å². The van der Waals surface area contributed by atoms with Crippen molar-refractivity contribution in [2.75, 3.05) is 18.6 Å². The van der Waals surface area contributed by atoms with Gasteiger partial charge in [-0.05, 0) is 48.1 Å². The van der Waals surface area contributed by atoms with Gasteiger partial charge in [-0.1, -0.05) is 48.5 Å². The number of hydrogen-bond acceptors (Lipinski definition) is 3. The van der Waals surface area contributed by atoms with Crippen LogP contribution in [0.1, 0.15) is 5.56 Å². The monoisotopic (exact) mass is 384 g/mol. The number of hydrogen-bond donors (Lipinski definition) is 0. The molecule has 3 rings (SSSR count). The van der Waals surface area contributed by atoms with Crippen molar-refractivity contribution in [3.63, 3.8) is 0 Å². The Balaban J connectivity index is 1.91. The molecule has 4 nitrogen and oxygen atoms in total. The maximum Gasteiger partial charge on any atom is 0.281 e. The van der Waals surface area contributed by atoms with Gasteiger partial charge in [-0.25, -0.2) is 0 Å². The van der Waals surface area contributed by atoms with Gasteiger partial charge in [0.1, 0.15) is 18.1 Å². The Bertz CT molecular complexity index is 896. The molecule has 0 radical (unpaired) electrons. The SMILES string of the molecule is C=CCOc1ccc(/C=C2/C(=O)N(c3ccccc3)C(=S)N2C)cc1Cl.